The van der Waals surface area contributed by atoms with E-state index in [-0.39, 0.29) is 6.09 Å². The molecule has 1 fully saturated rings. The topological polar surface area (TPSA) is 74.8 Å². The molecule has 0 atom stereocenters. The molecule has 0 radical (unpaired) electrons. The van der Waals surface area contributed by atoms with Crippen LogP contribution >= 0.6 is 0 Å². The molecule has 1 aliphatic heterocycles. The second-order valence-corrected chi connectivity index (χ2v) is 8.79. The van der Waals surface area contributed by atoms with Gasteiger partial charge in [-0.05, 0) is 50.6 Å². The molecule has 1 N–H and O–H groups in total. The number of hydrogen-bond donors (Lipinski definition) is 1. The number of nitrogens with zero attached hydrogens (tertiary/aromatic N) is 3. The molecule has 2 heterocycles. The number of pyridine rings is 1. The van der Waals surface area contributed by atoms with Crippen molar-refractivity contribution in [2.45, 2.75) is 39.1 Å². The molecule has 178 valence electrons. The van der Waals surface area contributed by atoms with E-state index in [0.29, 0.717) is 38.4 Å². The fourth-order valence-corrected chi connectivity index (χ4v) is 3.38. The number of nitrogens with one attached hydrogen (secondary N) is 1. The summed E-state index contributed by atoms with van der Waals surface area (Å²) in [6.07, 6.45) is -4.03. The number of rotatable bonds is 4. The van der Waals surface area contributed by atoms with E-state index >= 15 is 0 Å². The van der Waals surface area contributed by atoms with Crippen molar-refractivity contribution in [2.24, 2.45) is 0 Å². The predicted molar refractivity (Wildman–Crippen MR) is 117 cm³/mol. The van der Waals surface area contributed by atoms with Crippen molar-refractivity contribution in [1.82, 2.24) is 14.8 Å². The molecule has 1 saturated heterocycles. The van der Waals surface area contributed by atoms with Gasteiger partial charge < -0.3 is 15.0 Å². The Balaban J connectivity index is 1.54. The molecule has 0 bridgehead atoms. The minimum Gasteiger partial charge on any atom is -0.444 e. The van der Waals surface area contributed by atoms with Gasteiger partial charge in [-0.2, -0.15) is 13.2 Å². The molecule has 0 spiro atoms. The Kier molecular flexibility index (Phi) is 7.26. The summed E-state index contributed by atoms with van der Waals surface area (Å²) >= 11 is 0. The zero-order valence-electron chi connectivity index (χ0n) is 18.8. The minimum atomic E-state index is -4.72. The van der Waals surface area contributed by atoms with Crippen molar-refractivity contribution in [3.63, 3.8) is 0 Å². The molecular formula is C23H27F3N4O3. The first-order valence-corrected chi connectivity index (χ1v) is 10.6. The third-order valence-electron chi connectivity index (χ3n) is 4.96. The number of anilines is 1. The molecule has 0 saturated carbocycles. The number of aromatic nitrogens is 1. The molecule has 2 aromatic rings. The van der Waals surface area contributed by atoms with Gasteiger partial charge in [0, 0.05) is 44.6 Å². The molecule has 1 aliphatic rings. The Morgan fingerprint density at radius 3 is 2.24 bits per heavy atom. The summed E-state index contributed by atoms with van der Waals surface area (Å²) in [6.45, 7) is 8.66. The predicted octanol–water partition coefficient (Wildman–Crippen LogP) is 4.41. The Morgan fingerprint density at radius 1 is 1.03 bits per heavy atom. The number of alkyl halides is 3. The zero-order chi connectivity index (χ0) is 24.2. The maximum atomic E-state index is 13.1. The highest BCUT2D eigenvalue weighted by atomic mass is 19.4. The molecule has 1 aromatic carbocycles. The first kappa shape index (κ1) is 24.5. The normalized spacial score (nSPS) is 15.3. The monoisotopic (exact) mass is 464 g/mol. The van der Waals surface area contributed by atoms with Gasteiger partial charge in [0.25, 0.3) is 5.91 Å². The highest BCUT2D eigenvalue weighted by Crippen LogP contribution is 2.30. The molecule has 0 unspecified atom stereocenters. The van der Waals surface area contributed by atoms with Crippen molar-refractivity contribution < 1.29 is 27.5 Å². The van der Waals surface area contributed by atoms with E-state index in [4.69, 9.17) is 4.74 Å². The van der Waals surface area contributed by atoms with Gasteiger partial charge in [0.05, 0.1) is 5.56 Å². The van der Waals surface area contributed by atoms with Crippen molar-refractivity contribution in [2.75, 3.05) is 31.5 Å². The van der Waals surface area contributed by atoms with E-state index in [1.807, 2.05) is 32.9 Å². The lowest BCUT2D eigenvalue weighted by atomic mass is 10.1. The van der Waals surface area contributed by atoms with Crippen LogP contribution in [0.1, 0.15) is 42.4 Å². The van der Waals surface area contributed by atoms with Gasteiger partial charge in [-0.3, -0.25) is 14.7 Å². The summed E-state index contributed by atoms with van der Waals surface area (Å²) in [6, 6.07) is 9.29. The smallest absolute Gasteiger partial charge is 0.434 e. The fraction of sp³-hybridized carbons (Fsp3) is 0.435. The highest BCUT2D eigenvalue weighted by molar-refractivity contribution is 6.05. The third kappa shape index (κ3) is 6.92. The molecule has 0 aliphatic carbocycles. The second kappa shape index (κ2) is 9.78. The summed E-state index contributed by atoms with van der Waals surface area (Å²) in [5, 5.41) is 2.49. The SMILES string of the molecule is CC(C)(C)OC(=O)N1CCN(Cc2ccc(NC(=O)c3cccnc3C(F)(F)F)cc2)CC1. The molecule has 1 aromatic heterocycles. The standard InChI is InChI=1S/C23H27F3N4O3/c1-22(2,3)33-21(32)30-13-11-29(12-14-30)15-16-6-8-17(9-7-16)28-20(31)18-5-4-10-27-19(18)23(24,25)26/h4-10H,11-15H2,1-3H3,(H,28,31). The highest BCUT2D eigenvalue weighted by Gasteiger charge is 2.37. The van der Waals surface area contributed by atoms with Crippen molar-refractivity contribution in [3.8, 4) is 0 Å². The number of amides is 2. The van der Waals surface area contributed by atoms with Crippen molar-refractivity contribution >= 4 is 17.7 Å². The Hall–Kier alpha value is -3.14. The van der Waals surface area contributed by atoms with Gasteiger partial charge in [0.2, 0.25) is 0 Å². The number of ether oxygens (including phenoxy) is 1. The number of halogens is 3. The maximum Gasteiger partial charge on any atom is 0.434 e. The lowest BCUT2D eigenvalue weighted by Crippen LogP contribution is -2.49. The van der Waals surface area contributed by atoms with Crippen molar-refractivity contribution in [1.29, 1.82) is 0 Å². The van der Waals surface area contributed by atoms with Gasteiger partial charge in [-0.25, -0.2) is 4.79 Å². The molecule has 33 heavy (non-hydrogen) atoms. The van der Waals surface area contributed by atoms with E-state index in [9.17, 15) is 22.8 Å². The largest absolute Gasteiger partial charge is 0.444 e. The number of carbonyl (C=O) groups is 2. The van der Waals surface area contributed by atoms with Gasteiger partial charge in [-0.15, -0.1) is 0 Å². The van der Waals surface area contributed by atoms with Crippen LogP contribution in [0, 0.1) is 0 Å². The molecule has 3 rings (SSSR count). The van der Waals surface area contributed by atoms with Crippen LogP contribution < -0.4 is 5.32 Å². The van der Waals surface area contributed by atoms with Crippen LogP contribution in [-0.2, 0) is 17.5 Å². The minimum absolute atomic E-state index is 0.315. The summed E-state index contributed by atoms with van der Waals surface area (Å²) in [7, 11) is 0. The van der Waals surface area contributed by atoms with Crippen LogP contribution in [0.25, 0.3) is 0 Å². The zero-order valence-corrected chi connectivity index (χ0v) is 18.8. The van der Waals surface area contributed by atoms with Gasteiger partial charge in [0.1, 0.15) is 5.60 Å². The average Bonchev–Trinajstić information content (AvgIpc) is 2.74. The van der Waals surface area contributed by atoms with Crippen molar-refractivity contribution in [3.05, 3.63) is 59.4 Å². The number of benzene rings is 1. The molecular weight excluding hydrogens is 437 g/mol. The lowest BCUT2D eigenvalue weighted by molar-refractivity contribution is -0.141. The Bertz CT molecular complexity index is 980. The molecule has 10 heteroatoms. The average molecular weight is 464 g/mol. The molecule has 7 nitrogen and oxygen atoms in total. The fourth-order valence-electron chi connectivity index (χ4n) is 3.38. The first-order chi connectivity index (χ1) is 15.4. The van der Waals surface area contributed by atoms with Crippen LogP contribution in [0.5, 0.6) is 0 Å². The first-order valence-electron chi connectivity index (χ1n) is 10.6. The lowest BCUT2D eigenvalue weighted by Gasteiger charge is -2.35. The van der Waals surface area contributed by atoms with Crippen LogP contribution in [0.15, 0.2) is 42.6 Å². The van der Waals surface area contributed by atoms with E-state index in [2.05, 4.69) is 15.2 Å². The van der Waals surface area contributed by atoms with E-state index in [0.717, 1.165) is 17.8 Å². The maximum absolute atomic E-state index is 13.1. The van der Waals surface area contributed by atoms with Crippen LogP contribution in [0.3, 0.4) is 0 Å². The number of carbonyl (C=O) groups excluding carboxylic acids is 2. The second-order valence-electron chi connectivity index (χ2n) is 8.79. The van der Waals surface area contributed by atoms with Crippen LogP contribution in [-0.4, -0.2) is 58.6 Å². The van der Waals surface area contributed by atoms with Gasteiger partial charge in [-0.1, -0.05) is 12.1 Å². The van der Waals surface area contributed by atoms with Gasteiger partial charge in [0.15, 0.2) is 5.69 Å². The van der Waals surface area contributed by atoms with Crippen LogP contribution in [0.4, 0.5) is 23.7 Å². The molecule has 2 amide bonds. The number of piperazine rings is 1. The van der Waals surface area contributed by atoms with Crippen LogP contribution in [0.2, 0.25) is 0 Å². The number of hydrogen-bond acceptors (Lipinski definition) is 5. The quantitative estimate of drug-likeness (QED) is 0.726. The van der Waals surface area contributed by atoms with Gasteiger partial charge >= 0.3 is 12.3 Å². The summed E-state index contributed by atoms with van der Waals surface area (Å²) in [5.41, 5.74) is -0.912. The summed E-state index contributed by atoms with van der Waals surface area (Å²) in [4.78, 5) is 31.7. The van der Waals surface area contributed by atoms with E-state index < -0.39 is 28.9 Å². The summed E-state index contributed by atoms with van der Waals surface area (Å²) in [5.74, 6) is -0.874. The third-order valence-corrected chi connectivity index (χ3v) is 4.96. The van der Waals surface area contributed by atoms with E-state index in [1.165, 1.54) is 6.07 Å². The Labute approximate surface area is 190 Å². The summed E-state index contributed by atoms with van der Waals surface area (Å²) < 4.78 is 44.7. The Morgan fingerprint density at radius 2 is 1.67 bits per heavy atom. The van der Waals surface area contributed by atoms with E-state index in [1.54, 1.807) is 17.0 Å².